The molecule has 0 fully saturated rings. The molecule has 0 atom stereocenters. The first-order chi connectivity index (χ1) is 7.74. The van der Waals surface area contributed by atoms with Crippen molar-refractivity contribution in [1.29, 1.82) is 0 Å². The lowest BCUT2D eigenvalue weighted by Gasteiger charge is -2.07. The fourth-order valence-electron chi connectivity index (χ4n) is 1.40. The average Bonchev–Trinajstić information content (AvgIpc) is 2.26. The van der Waals surface area contributed by atoms with E-state index in [0.717, 1.165) is 43.2 Å². The number of benzene rings is 1. The maximum Gasteiger partial charge on any atom is 0.0465 e. The average molecular weight is 334 g/mol. The molecule has 1 rings (SSSR count). The molecule has 2 N–H and O–H groups in total. The Morgan fingerprint density at radius 3 is 2.33 bits per heavy atom. The van der Waals surface area contributed by atoms with Gasteiger partial charge in [-0.1, -0.05) is 36.2 Å². The van der Waals surface area contributed by atoms with Crippen molar-refractivity contribution < 1.29 is 0 Å². The summed E-state index contributed by atoms with van der Waals surface area (Å²) >= 11 is 11.9. The van der Waals surface area contributed by atoms with E-state index in [4.69, 9.17) is 23.2 Å². The Bertz CT molecular complexity index is 321. The third-order valence-corrected chi connectivity index (χ3v) is 2.87. The standard InChI is InChI=1S/C12H18Cl2N2.2ClH/c1-2-15-6-3-7-16-9-10-4-5-11(13)8-12(10)14;;/h4-5,8,15-16H,2-3,6-7,9H2,1H3;2*1H. The van der Waals surface area contributed by atoms with Crippen LogP contribution in [0.1, 0.15) is 18.9 Å². The van der Waals surface area contributed by atoms with Crippen LogP contribution in [0.2, 0.25) is 10.0 Å². The first kappa shape index (κ1) is 20.6. The van der Waals surface area contributed by atoms with Crippen LogP contribution in [-0.2, 0) is 6.54 Å². The molecule has 0 aliphatic carbocycles. The van der Waals surface area contributed by atoms with Crippen LogP contribution in [0.5, 0.6) is 0 Å². The summed E-state index contributed by atoms with van der Waals surface area (Å²) in [6.45, 7) is 5.98. The van der Waals surface area contributed by atoms with Crippen LogP contribution >= 0.6 is 48.0 Å². The highest BCUT2D eigenvalue weighted by atomic mass is 35.5. The summed E-state index contributed by atoms with van der Waals surface area (Å²) < 4.78 is 0. The van der Waals surface area contributed by atoms with Gasteiger partial charge in [0.15, 0.2) is 0 Å². The van der Waals surface area contributed by atoms with Gasteiger partial charge in [0.1, 0.15) is 0 Å². The zero-order valence-corrected chi connectivity index (χ0v) is 13.5. The molecular weight excluding hydrogens is 314 g/mol. The number of nitrogens with one attached hydrogen (secondary N) is 2. The van der Waals surface area contributed by atoms with Crippen LogP contribution in [0.25, 0.3) is 0 Å². The van der Waals surface area contributed by atoms with Gasteiger partial charge in [0.05, 0.1) is 0 Å². The van der Waals surface area contributed by atoms with E-state index < -0.39 is 0 Å². The van der Waals surface area contributed by atoms with Crippen LogP contribution < -0.4 is 10.6 Å². The Hall–Kier alpha value is 0.300. The summed E-state index contributed by atoms with van der Waals surface area (Å²) in [6.07, 6.45) is 1.12. The molecule has 18 heavy (non-hydrogen) atoms. The Labute approximate surface area is 132 Å². The fraction of sp³-hybridized carbons (Fsp3) is 0.500. The lowest BCUT2D eigenvalue weighted by molar-refractivity contribution is 0.606. The van der Waals surface area contributed by atoms with Crippen LogP contribution in [0.3, 0.4) is 0 Å². The SMILES string of the molecule is CCNCCCNCc1ccc(Cl)cc1Cl.Cl.Cl. The van der Waals surface area contributed by atoms with Crippen molar-refractivity contribution in [2.75, 3.05) is 19.6 Å². The predicted octanol–water partition coefficient (Wildman–Crippen LogP) is 3.93. The summed E-state index contributed by atoms with van der Waals surface area (Å²) in [7, 11) is 0. The highest BCUT2D eigenvalue weighted by molar-refractivity contribution is 6.35. The minimum absolute atomic E-state index is 0. The summed E-state index contributed by atoms with van der Waals surface area (Å²) in [5.41, 5.74) is 1.09. The van der Waals surface area contributed by atoms with E-state index in [0.29, 0.717) is 5.02 Å². The first-order valence-electron chi connectivity index (χ1n) is 5.59. The molecule has 0 spiro atoms. The molecule has 0 bridgehead atoms. The third-order valence-electron chi connectivity index (χ3n) is 2.29. The topological polar surface area (TPSA) is 24.1 Å². The molecule has 0 amide bonds. The van der Waals surface area contributed by atoms with Crippen molar-refractivity contribution in [2.45, 2.75) is 19.9 Å². The van der Waals surface area contributed by atoms with Gasteiger partial charge in [0.25, 0.3) is 0 Å². The molecule has 2 nitrogen and oxygen atoms in total. The summed E-state index contributed by atoms with van der Waals surface area (Å²) in [4.78, 5) is 0. The third kappa shape index (κ3) is 8.41. The van der Waals surface area contributed by atoms with Gasteiger partial charge in [-0.25, -0.2) is 0 Å². The molecule has 0 saturated carbocycles. The second-order valence-electron chi connectivity index (χ2n) is 3.62. The largest absolute Gasteiger partial charge is 0.317 e. The Kier molecular flexibility index (Phi) is 14.1. The van der Waals surface area contributed by atoms with E-state index in [1.807, 2.05) is 12.1 Å². The minimum Gasteiger partial charge on any atom is -0.317 e. The monoisotopic (exact) mass is 332 g/mol. The van der Waals surface area contributed by atoms with Gasteiger partial charge in [0, 0.05) is 16.6 Å². The summed E-state index contributed by atoms with van der Waals surface area (Å²) in [6, 6.07) is 5.60. The van der Waals surface area contributed by atoms with E-state index in [2.05, 4.69) is 17.6 Å². The van der Waals surface area contributed by atoms with Gasteiger partial charge in [-0.3, -0.25) is 0 Å². The van der Waals surface area contributed by atoms with Crippen molar-refractivity contribution in [1.82, 2.24) is 10.6 Å². The van der Waals surface area contributed by atoms with Gasteiger partial charge in [-0.05, 0) is 43.8 Å². The van der Waals surface area contributed by atoms with Gasteiger partial charge >= 0.3 is 0 Å². The van der Waals surface area contributed by atoms with Crippen molar-refractivity contribution in [3.63, 3.8) is 0 Å². The lowest BCUT2D eigenvalue weighted by Crippen LogP contribution is -2.21. The fourth-order valence-corrected chi connectivity index (χ4v) is 1.88. The van der Waals surface area contributed by atoms with Crippen molar-refractivity contribution in [3.8, 4) is 0 Å². The normalized spacial score (nSPS) is 9.50. The first-order valence-corrected chi connectivity index (χ1v) is 6.35. The quantitative estimate of drug-likeness (QED) is 0.739. The smallest absolute Gasteiger partial charge is 0.0465 e. The van der Waals surface area contributed by atoms with E-state index in [1.165, 1.54) is 0 Å². The second kappa shape index (κ2) is 12.3. The Morgan fingerprint density at radius 2 is 1.72 bits per heavy atom. The molecule has 0 saturated heterocycles. The molecule has 6 heteroatoms. The van der Waals surface area contributed by atoms with Gasteiger partial charge in [-0.2, -0.15) is 0 Å². The molecule has 0 heterocycles. The van der Waals surface area contributed by atoms with Crippen LogP contribution in [-0.4, -0.2) is 19.6 Å². The van der Waals surface area contributed by atoms with E-state index in [-0.39, 0.29) is 24.8 Å². The van der Waals surface area contributed by atoms with Crippen molar-refractivity contribution in [3.05, 3.63) is 33.8 Å². The zero-order chi connectivity index (χ0) is 11.8. The van der Waals surface area contributed by atoms with Gasteiger partial charge in [-0.15, -0.1) is 24.8 Å². The minimum atomic E-state index is 0. The zero-order valence-electron chi connectivity index (χ0n) is 10.3. The van der Waals surface area contributed by atoms with Crippen LogP contribution in [0.15, 0.2) is 18.2 Å². The van der Waals surface area contributed by atoms with Crippen LogP contribution in [0, 0.1) is 0 Å². The molecule has 1 aromatic carbocycles. The van der Waals surface area contributed by atoms with E-state index in [1.54, 1.807) is 6.07 Å². The molecule has 0 unspecified atom stereocenters. The molecule has 0 aliphatic heterocycles. The molecule has 0 aromatic heterocycles. The van der Waals surface area contributed by atoms with Gasteiger partial charge in [0.2, 0.25) is 0 Å². The molecule has 0 aliphatic rings. The lowest BCUT2D eigenvalue weighted by atomic mass is 10.2. The maximum absolute atomic E-state index is 6.06. The number of halogens is 4. The molecule has 106 valence electrons. The molecule has 1 aromatic rings. The number of hydrogen-bond acceptors (Lipinski definition) is 2. The molecule has 0 radical (unpaired) electrons. The van der Waals surface area contributed by atoms with Crippen molar-refractivity contribution >= 4 is 48.0 Å². The summed E-state index contributed by atoms with van der Waals surface area (Å²) in [5.74, 6) is 0. The number of rotatable bonds is 7. The van der Waals surface area contributed by atoms with Crippen LogP contribution in [0.4, 0.5) is 0 Å². The predicted molar refractivity (Wildman–Crippen MR) is 85.8 cm³/mol. The van der Waals surface area contributed by atoms with E-state index >= 15 is 0 Å². The summed E-state index contributed by atoms with van der Waals surface area (Å²) in [5, 5.41) is 8.05. The Morgan fingerprint density at radius 1 is 1.06 bits per heavy atom. The maximum atomic E-state index is 6.06. The van der Waals surface area contributed by atoms with Gasteiger partial charge < -0.3 is 10.6 Å². The molecular formula is C12H20Cl4N2. The second-order valence-corrected chi connectivity index (χ2v) is 4.46. The number of hydrogen-bond donors (Lipinski definition) is 2. The highest BCUT2D eigenvalue weighted by Crippen LogP contribution is 2.20. The Balaban J connectivity index is 0. The van der Waals surface area contributed by atoms with Crippen molar-refractivity contribution in [2.24, 2.45) is 0 Å². The van der Waals surface area contributed by atoms with E-state index in [9.17, 15) is 0 Å². The highest BCUT2D eigenvalue weighted by Gasteiger charge is 2.00.